The van der Waals surface area contributed by atoms with Crippen LogP contribution in [0.25, 0.3) is 5.57 Å². The molecule has 1 aromatic rings. The van der Waals surface area contributed by atoms with E-state index >= 15 is 0 Å². The van der Waals surface area contributed by atoms with E-state index in [1.807, 2.05) is 0 Å². The van der Waals surface area contributed by atoms with Crippen molar-refractivity contribution in [2.24, 2.45) is 0 Å². The topological polar surface area (TPSA) is 20.2 Å². The molecular formula is C12H12F2O. The van der Waals surface area contributed by atoms with Gasteiger partial charge < -0.3 is 5.11 Å². The van der Waals surface area contributed by atoms with E-state index in [4.69, 9.17) is 0 Å². The molecular weight excluding hydrogens is 198 g/mol. The number of allylic oxidation sites excluding steroid dienone is 1. The third-order valence-electron chi connectivity index (χ3n) is 2.62. The molecule has 1 aliphatic rings. The third kappa shape index (κ3) is 2.07. The van der Waals surface area contributed by atoms with E-state index in [9.17, 15) is 13.9 Å². The summed E-state index contributed by atoms with van der Waals surface area (Å²) in [6, 6.07) is 3.81. The summed E-state index contributed by atoms with van der Waals surface area (Å²) in [5, 5.41) is 9.40. The summed E-state index contributed by atoms with van der Waals surface area (Å²) in [4.78, 5) is 0. The lowest BCUT2D eigenvalue weighted by Gasteiger charge is -2.17. The average molecular weight is 210 g/mol. The predicted molar refractivity (Wildman–Crippen MR) is 54.2 cm³/mol. The van der Waals surface area contributed by atoms with Crippen LogP contribution >= 0.6 is 0 Å². The summed E-state index contributed by atoms with van der Waals surface area (Å²) in [5.74, 6) is -1.12. The van der Waals surface area contributed by atoms with Gasteiger partial charge in [0.05, 0.1) is 6.10 Å². The fraction of sp³-hybridized carbons (Fsp3) is 0.333. The smallest absolute Gasteiger partial charge is 0.133 e. The average Bonchev–Trinajstić information content (AvgIpc) is 2.17. The van der Waals surface area contributed by atoms with Gasteiger partial charge in [-0.1, -0.05) is 12.1 Å². The Morgan fingerprint density at radius 2 is 1.87 bits per heavy atom. The van der Waals surface area contributed by atoms with Gasteiger partial charge in [-0.2, -0.15) is 0 Å². The Bertz CT molecular complexity index is 378. The van der Waals surface area contributed by atoms with Gasteiger partial charge in [-0.25, -0.2) is 8.78 Å². The van der Waals surface area contributed by atoms with Gasteiger partial charge in [-0.05, 0) is 37.0 Å². The van der Waals surface area contributed by atoms with Gasteiger partial charge in [0, 0.05) is 5.56 Å². The van der Waals surface area contributed by atoms with Crippen molar-refractivity contribution in [3.63, 3.8) is 0 Å². The standard InChI is InChI=1S/C12H12F2O/c13-10-5-2-6-11(14)12(10)8-3-1-4-9(15)7-8/h2,5-7,9,15H,1,3-4H2. The van der Waals surface area contributed by atoms with Crippen molar-refractivity contribution in [2.75, 3.05) is 0 Å². The predicted octanol–water partition coefficient (Wildman–Crippen LogP) is 2.89. The van der Waals surface area contributed by atoms with Crippen LogP contribution < -0.4 is 0 Å². The summed E-state index contributed by atoms with van der Waals surface area (Å²) >= 11 is 0. The lowest BCUT2D eigenvalue weighted by molar-refractivity contribution is 0.206. The molecule has 0 saturated carbocycles. The molecule has 0 aromatic heterocycles. The van der Waals surface area contributed by atoms with Crippen LogP contribution in [-0.4, -0.2) is 11.2 Å². The Morgan fingerprint density at radius 3 is 2.47 bits per heavy atom. The van der Waals surface area contributed by atoms with Crippen LogP contribution in [0.15, 0.2) is 24.3 Å². The lowest BCUT2D eigenvalue weighted by atomic mass is 9.91. The molecule has 1 aliphatic carbocycles. The number of aliphatic hydroxyl groups is 1. The Hall–Kier alpha value is -1.22. The summed E-state index contributed by atoms with van der Waals surface area (Å²) in [6.07, 6.45) is 3.02. The fourth-order valence-corrected chi connectivity index (χ4v) is 1.91. The highest BCUT2D eigenvalue weighted by Crippen LogP contribution is 2.30. The molecule has 0 bridgehead atoms. The maximum absolute atomic E-state index is 13.4. The van der Waals surface area contributed by atoms with Crippen molar-refractivity contribution < 1.29 is 13.9 Å². The number of benzene rings is 1. The third-order valence-corrected chi connectivity index (χ3v) is 2.62. The lowest BCUT2D eigenvalue weighted by Crippen LogP contribution is -2.09. The van der Waals surface area contributed by atoms with Gasteiger partial charge in [0.2, 0.25) is 0 Å². The van der Waals surface area contributed by atoms with Gasteiger partial charge in [0.25, 0.3) is 0 Å². The number of halogens is 2. The first-order chi connectivity index (χ1) is 7.18. The molecule has 1 unspecified atom stereocenters. The second kappa shape index (κ2) is 4.11. The van der Waals surface area contributed by atoms with Crippen LogP contribution in [0.2, 0.25) is 0 Å². The summed E-state index contributed by atoms with van der Waals surface area (Å²) in [5.41, 5.74) is 0.584. The highest BCUT2D eigenvalue weighted by atomic mass is 19.1. The number of hydrogen-bond donors (Lipinski definition) is 1. The van der Waals surface area contributed by atoms with Crippen LogP contribution in [0.5, 0.6) is 0 Å². The van der Waals surface area contributed by atoms with Crippen LogP contribution in [0.3, 0.4) is 0 Å². The molecule has 1 atom stereocenters. The highest BCUT2D eigenvalue weighted by molar-refractivity contribution is 5.67. The van der Waals surface area contributed by atoms with Gasteiger partial charge in [-0.15, -0.1) is 0 Å². The first kappa shape index (κ1) is 10.3. The van der Waals surface area contributed by atoms with E-state index in [-0.39, 0.29) is 5.56 Å². The van der Waals surface area contributed by atoms with Crippen molar-refractivity contribution in [2.45, 2.75) is 25.4 Å². The maximum atomic E-state index is 13.4. The van der Waals surface area contributed by atoms with Crippen molar-refractivity contribution >= 4 is 5.57 Å². The van der Waals surface area contributed by atoms with Crippen LogP contribution in [0, 0.1) is 11.6 Å². The molecule has 0 spiro atoms. The summed E-state index contributed by atoms with van der Waals surface area (Å²) < 4.78 is 26.8. The molecule has 0 heterocycles. The Balaban J connectivity index is 2.45. The minimum absolute atomic E-state index is 0.0104. The van der Waals surface area contributed by atoms with Crippen LogP contribution in [-0.2, 0) is 0 Å². The minimum Gasteiger partial charge on any atom is -0.389 e. The van der Waals surface area contributed by atoms with E-state index in [0.717, 1.165) is 6.42 Å². The molecule has 0 fully saturated rings. The Kier molecular flexibility index (Phi) is 2.82. The van der Waals surface area contributed by atoms with E-state index < -0.39 is 17.7 Å². The zero-order valence-electron chi connectivity index (χ0n) is 8.21. The number of hydrogen-bond acceptors (Lipinski definition) is 1. The molecule has 0 amide bonds. The number of aliphatic hydroxyl groups excluding tert-OH is 1. The van der Waals surface area contributed by atoms with E-state index in [2.05, 4.69) is 0 Å². The largest absolute Gasteiger partial charge is 0.389 e. The molecule has 0 aliphatic heterocycles. The number of rotatable bonds is 1. The molecule has 1 aromatic carbocycles. The van der Waals surface area contributed by atoms with Gasteiger partial charge in [0.1, 0.15) is 11.6 Å². The zero-order valence-corrected chi connectivity index (χ0v) is 8.21. The second-order valence-electron chi connectivity index (χ2n) is 3.75. The summed E-state index contributed by atoms with van der Waals surface area (Å²) in [7, 11) is 0. The van der Waals surface area contributed by atoms with Crippen molar-refractivity contribution in [1.82, 2.24) is 0 Å². The van der Waals surface area contributed by atoms with Crippen molar-refractivity contribution in [3.05, 3.63) is 41.5 Å². The molecule has 1 N–H and O–H groups in total. The molecule has 2 rings (SSSR count). The first-order valence-corrected chi connectivity index (χ1v) is 5.01. The molecule has 0 saturated heterocycles. The Morgan fingerprint density at radius 1 is 1.20 bits per heavy atom. The molecule has 80 valence electrons. The molecule has 15 heavy (non-hydrogen) atoms. The minimum atomic E-state index is -0.576. The van der Waals surface area contributed by atoms with E-state index in [0.29, 0.717) is 18.4 Å². The van der Waals surface area contributed by atoms with Crippen LogP contribution in [0.4, 0.5) is 8.78 Å². The van der Waals surface area contributed by atoms with E-state index in [1.54, 1.807) is 6.08 Å². The van der Waals surface area contributed by atoms with Gasteiger partial charge in [-0.3, -0.25) is 0 Å². The van der Waals surface area contributed by atoms with Gasteiger partial charge >= 0.3 is 0 Å². The monoisotopic (exact) mass is 210 g/mol. The Labute approximate surface area is 87.1 Å². The fourth-order valence-electron chi connectivity index (χ4n) is 1.91. The van der Waals surface area contributed by atoms with Crippen molar-refractivity contribution in [3.8, 4) is 0 Å². The van der Waals surface area contributed by atoms with Crippen molar-refractivity contribution in [1.29, 1.82) is 0 Å². The first-order valence-electron chi connectivity index (χ1n) is 5.01. The zero-order chi connectivity index (χ0) is 10.8. The molecule has 1 nitrogen and oxygen atoms in total. The quantitative estimate of drug-likeness (QED) is 0.755. The highest BCUT2D eigenvalue weighted by Gasteiger charge is 2.18. The SMILES string of the molecule is OC1C=C(c2c(F)cccc2F)CCC1. The molecule has 0 radical (unpaired) electrons. The second-order valence-corrected chi connectivity index (χ2v) is 3.75. The summed E-state index contributed by atoms with van der Waals surface area (Å²) in [6.45, 7) is 0. The van der Waals surface area contributed by atoms with Gasteiger partial charge in [0.15, 0.2) is 0 Å². The molecule has 3 heteroatoms. The van der Waals surface area contributed by atoms with Crippen LogP contribution in [0.1, 0.15) is 24.8 Å². The maximum Gasteiger partial charge on any atom is 0.133 e. The normalized spacial score (nSPS) is 21.3. The van der Waals surface area contributed by atoms with E-state index in [1.165, 1.54) is 18.2 Å².